The van der Waals surface area contributed by atoms with Gasteiger partial charge in [0, 0.05) is 52.7 Å². The molecular weight excluding hydrogens is 508 g/mol. The zero-order valence-corrected chi connectivity index (χ0v) is 20.1. The maximum Gasteiger partial charge on any atom is 0.400 e. The van der Waals surface area contributed by atoms with Crippen molar-refractivity contribution >= 4 is 46.3 Å². The molecule has 2 heterocycles. The predicted molar refractivity (Wildman–Crippen MR) is 129 cm³/mol. The number of hydrogen-bond donors (Lipinski definition) is 0. The molecule has 0 bridgehead atoms. The average Bonchev–Trinajstić information content (AvgIpc) is 3.25. The number of carbonyl (C=O) groups is 1. The Morgan fingerprint density at radius 2 is 1.76 bits per heavy atom. The van der Waals surface area contributed by atoms with Gasteiger partial charge in [-0.1, -0.05) is 40.9 Å². The molecule has 3 aromatic rings. The summed E-state index contributed by atoms with van der Waals surface area (Å²) in [6, 6.07) is 14.3. The van der Waals surface area contributed by atoms with Crippen molar-refractivity contribution in [3.8, 4) is 0 Å². The van der Waals surface area contributed by atoms with E-state index in [0.29, 0.717) is 17.7 Å². The Labute approximate surface area is 210 Å². The Hall–Kier alpha value is -2.28. The number of halogens is 6. The first-order valence-electron chi connectivity index (χ1n) is 10.6. The fraction of sp³-hybridized carbons (Fsp3) is 0.280. The number of alkyl halides is 3. The highest BCUT2D eigenvalue weighted by Gasteiger charge is 2.59. The van der Waals surface area contributed by atoms with Gasteiger partial charge in [0.15, 0.2) is 5.78 Å². The van der Waals surface area contributed by atoms with Crippen LogP contribution in [-0.4, -0.2) is 30.0 Å². The minimum atomic E-state index is -4.51. The van der Waals surface area contributed by atoms with Gasteiger partial charge in [0.05, 0.1) is 5.02 Å². The molecule has 178 valence electrons. The minimum Gasteiger partial charge on any atom is -0.370 e. The van der Waals surface area contributed by atoms with Crippen LogP contribution in [-0.2, 0) is 11.8 Å². The number of carbonyl (C=O) groups excluding carboxylic acids is 1. The SMILES string of the molecule is O=C(CCc1ccccn1)c1ccc(N2CCC(c3cc(Cl)cc(Cl)c3)(C(F)(F)F)C2)cc1Cl. The van der Waals surface area contributed by atoms with Gasteiger partial charge in [0.25, 0.3) is 0 Å². The molecule has 1 atom stereocenters. The summed E-state index contributed by atoms with van der Waals surface area (Å²) in [6.45, 7) is -0.149. The van der Waals surface area contributed by atoms with Crippen molar-refractivity contribution in [1.82, 2.24) is 4.98 Å². The molecule has 1 aliphatic heterocycles. The van der Waals surface area contributed by atoms with Gasteiger partial charge < -0.3 is 4.90 Å². The molecule has 0 aliphatic carbocycles. The van der Waals surface area contributed by atoms with Gasteiger partial charge in [-0.2, -0.15) is 13.2 Å². The Kier molecular flexibility index (Phi) is 7.13. The Bertz CT molecular complexity index is 1180. The number of aromatic nitrogens is 1. The van der Waals surface area contributed by atoms with Crippen molar-refractivity contribution in [3.05, 3.63) is 92.7 Å². The van der Waals surface area contributed by atoms with E-state index in [1.54, 1.807) is 35.4 Å². The van der Waals surface area contributed by atoms with Crippen molar-refractivity contribution in [2.45, 2.75) is 30.9 Å². The van der Waals surface area contributed by atoms with Crippen LogP contribution in [0.4, 0.5) is 18.9 Å². The second-order valence-electron chi connectivity index (χ2n) is 8.32. The third-order valence-electron chi connectivity index (χ3n) is 6.18. The summed E-state index contributed by atoms with van der Waals surface area (Å²) in [5, 5.41) is 0.515. The van der Waals surface area contributed by atoms with Crippen molar-refractivity contribution < 1.29 is 18.0 Å². The molecule has 1 fully saturated rings. The second kappa shape index (κ2) is 9.76. The largest absolute Gasteiger partial charge is 0.400 e. The predicted octanol–water partition coefficient (Wildman–Crippen LogP) is 7.57. The molecule has 3 nitrogen and oxygen atoms in total. The van der Waals surface area contributed by atoms with Crippen LogP contribution >= 0.6 is 34.8 Å². The average molecular weight is 528 g/mol. The third kappa shape index (κ3) is 5.04. The third-order valence-corrected chi connectivity index (χ3v) is 6.93. The standard InChI is InChI=1S/C25H20Cl3F3N2O/c26-17-11-16(12-18(27)13-17)24(25(29,30)31)8-10-33(15-24)20-5-6-21(22(28)14-20)23(34)7-4-19-3-1-2-9-32-19/h1-3,5-6,9,11-14H,4,7-8,10,15H2. The topological polar surface area (TPSA) is 33.2 Å². The highest BCUT2D eigenvalue weighted by Crippen LogP contribution is 2.49. The normalized spacial score (nSPS) is 18.4. The lowest BCUT2D eigenvalue weighted by atomic mass is 9.79. The highest BCUT2D eigenvalue weighted by molar-refractivity contribution is 6.35. The van der Waals surface area contributed by atoms with Crippen LogP contribution in [0.25, 0.3) is 0 Å². The molecule has 1 aromatic heterocycles. The molecule has 1 saturated heterocycles. The smallest absolute Gasteiger partial charge is 0.370 e. The lowest BCUT2D eigenvalue weighted by Gasteiger charge is -2.33. The quantitative estimate of drug-likeness (QED) is 0.310. The zero-order valence-electron chi connectivity index (χ0n) is 17.9. The van der Waals surface area contributed by atoms with Crippen molar-refractivity contribution in [2.24, 2.45) is 0 Å². The first-order valence-corrected chi connectivity index (χ1v) is 11.7. The Morgan fingerprint density at radius 1 is 1.03 bits per heavy atom. The maximum atomic E-state index is 14.3. The molecule has 34 heavy (non-hydrogen) atoms. The van der Waals surface area contributed by atoms with Gasteiger partial charge in [0.2, 0.25) is 0 Å². The summed E-state index contributed by atoms with van der Waals surface area (Å²) in [6.07, 6.45) is -2.31. The van der Waals surface area contributed by atoms with Gasteiger partial charge in [-0.05, 0) is 66.9 Å². The van der Waals surface area contributed by atoms with Gasteiger partial charge in [-0.15, -0.1) is 0 Å². The van der Waals surface area contributed by atoms with E-state index in [1.807, 2.05) is 12.1 Å². The monoisotopic (exact) mass is 526 g/mol. The fourth-order valence-electron chi connectivity index (χ4n) is 4.34. The molecule has 2 aromatic carbocycles. The van der Waals surface area contributed by atoms with Crippen LogP contribution in [0.3, 0.4) is 0 Å². The molecule has 0 spiro atoms. The number of nitrogens with zero attached hydrogens (tertiary/aromatic N) is 2. The lowest BCUT2D eigenvalue weighted by Crippen LogP contribution is -2.44. The molecular formula is C25H20Cl3F3N2O. The summed E-state index contributed by atoms with van der Waals surface area (Å²) in [5.74, 6) is -0.151. The van der Waals surface area contributed by atoms with Crippen LogP contribution in [0.1, 0.15) is 34.5 Å². The van der Waals surface area contributed by atoms with E-state index in [4.69, 9.17) is 34.8 Å². The Morgan fingerprint density at radius 3 is 2.38 bits per heavy atom. The van der Waals surface area contributed by atoms with Crippen LogP contribution < -0.4 is 4.90 Å². The van der Waals surface area contributed by atoms with Crippen LogP contribution in [0.2, 0.25) is 15.1 Å². The Balaban J connectivity index is 1.55. The van der Waals surface area contributed by atoms with E-state index in [9.17, 15) is 18.0 Å². The van der Waals surface area contributed by atoms with Crippen LogP contribution in [0.5, 0.6) is 0 Å². The molecule has 0 saturated carbocycles. The minimum absolute atomic E-state index is 0.0346. The molecule has 0 N–H and O–H groups in total. The number of benzene rings is 2. The van der Waals surface area contributed by atoms with Gasteiger partial charge in [0.1, 0.15) is 5.41 Å². The van der Waals surface area contributed by atoms with Crippen LogP contribution in [0.15, 0.2) is 60.8 Å². The number of hydrogen-bond acceptors (Lipinski definition) is 3. The van der Waals surface area contributed by atoms with E-state index in [1.165, 1.54) is 18.2 Å². The van der Waals surface area contributed by atoms with E-state index >= 15 is 0 Å². The molecule has 0 radical (unpaired) electrons. The molecule has 9 heteroatoms. The van der Waals surface area contributed by atoms with E-state index in [2.05, 4.69) is 4.98 Å². The van der Waals surface area contributed by atoms with Gasteiger partial charge in [-0.3, -0.25) is 9.78 Å². The maximum absolute atomic E-state index is 14.3. The van der Waals surface area contributed by atoms with Crippen molar-refractivity contribution in [2.75, 3.05) is 18.0 Å². The summed E-state index contributed by atoms with van der Waals surface area (Å²) in [5.41, 5.74) is -0.432. The second-order valence-corrected chi connectivity index (χ2v) is 9.60. The van der Waals surface area contributed by atoms with E-state index in [0.717, 1.165) is 5.69 Å². The summed E-state index contributed by atoms with van der Waals surface area (Å²) in [4.78, 5) is 18.5. The van der Waals surface area contributed by atoms with Crippen molar-refractivity contribution in [3.63, 3.8) is 0 Å². The van der Waals surface area contributed by atoms with Gasteiger partial charge in [-0.25, -0.2) is 0 Å². The van der Waals surface area contributed by atoms with Crippen LogP contribution in [0, 0.1) is 0 Å². The number of anilines is 1. The molecule has 0 amide bonds. The number of ketones is 1. The first kappa shape index (κ1) is 24.8. The molecule has 4 rings (SSSR count). The van der Waals surface area contributed by atoms with E-state index in [-0.39, 0.29) is 52.3 Å². The van der Waals surface area contributed by atoms with Crippen molar-refractivity contribution in [1.29, 1.82) is 0 Å². The number of Topliss-reactive ketones (excluding diaryl/α,β-unsaturated/α-hetero) is 1. The summed E-state index contributed by atoms with van der Waals surface area (Å²) >= 11 is 18.4. The number of pyridine rings is 1. The van der Waals surface area contributed by atoms with Gasteiger partial charge >= 0.3 is 6.18 Å². The van der Waals surface area contributed by atoms with E-state index < -0.39 is 11.6 Å². The molecule has 1 unspecified atom stereocenters. The fourth-order valence-corrected chi connectivity index (χ4v) is 5.15. The first-order chi connectivity index (χ1) is 16.1. The zero-order chi connectivity index (χ0) is 24.5. The lowest BCUT2D eigenvalue weighted by molar-refractivity contribution is -0.184. The summed E-state index contributed by atoms with van der Waals surface area (Å²) in [7, 11) is 0. The molecule has 1 aliphatic rings. The highest BCUT2D eigenvalue weighted by atomic mass is 35.5. The number of aryl methyl sites for hydroxylation is 1. The number of rotatable bonds is 6. The summed E-state index contributed by atoms with van der Waals surface area (Å²) < 4.78 is 43.0.